The number of carbonyl (C=O) groups excluding carboxylic acids is 1. The highest BCUT2D eigenvalue weighted by Crippen LogP contribution is 2.33. The molecule has 1 atom stereocenters. The van der Waals surface area contributed by atoms with Gasteiger partial charge in [0.25, 0.3) is 0 Å². The van der Waals surface area contributed by atoms with Crippen LogP contribution in [0.1, 0.15) is 13.3 Å². The number of halogens is 2. The summed E-state index contributed by atoms with van der Waals surface area (Å²) >= 11 is 13.4. The monoisotopic (exact) mass is 289 g/mol. The number of benzene rings is 1. The Morgan fingerprint density at radius 1 is 1.41 bits per heavy atom. The van der Waals surface area contributed by atoms with Crippen molar-refractivity contribution in [2.24, 2.45) is 0 Å². The molecule has 17 heavy (non-hydrogen) atoms. The van der Waals surface area contributed by atoms with Crippen LogP contribution in [0.4, 0.5) is 0 Å². The number of thioether (sulfide) groups is 1. The van der Waals surface area contributed by atoms with E-state index in [9.17, 15) is 4.79 Å². The lowest BCUT2D eigenvalue weighted by Gasteiger charge is -2.33. The quantitative estimate of drug-likeness (QED) is 0.791. The third-order valence-corrected chi connectivity index (χ3v) is 4.54. The maximum Gasteiger partial charge on any atom is 0.235 e. The van der Waals surface area contributed by atoms with Crippen molar-refractivity contribution < 1.29 is 4.79 Å². The molecule has 5 heteroatoms. The average Bonchev–Trinajstić information content (AvgIpc) is 2.21. The van der Waals surface area contributed by atoms with Crippen LogP contribution in [0.15, 0.2) is 23.1 Å². The molecule has 0 bridgehead atoms. The third kappa shape index (κ3) is 3.09. The highest BCUT2D eigenvalue weighted by Gasteiger charge is 2.26. The molecule has 0 N–H and O–H groups in total. The molecular weight excluding hydrogens is 277 g/mol. The minimum Gasteiger partial charge on any atom is -0.342 e. The summed E-state index contributed by atoms with van der Waals surface area (Å²) in [6.45, 7) is 3.67. The van der Waals surface area contributed by atoms with E-state index >= 15 is 0 Å². The number of likely N-dealkylation sites (tertiary alicyclic amines) is 1. The highest BCUT2D eigenvalue weighted by molar-refractivity contribution is 8.00. The van der Waals surface area contributed by atoms with Gasteiger partial charge in [-0.1, -0.05) is 23.2 Å². The summed E-state index contributed by atoms with van der Waals surface area (Å²) in [6.07, 6.45) is 1.11. The number of amides is 1. The van der Waals surface area contributed by atoms with Crippen molar-refractivity contribution in [2.45, 2.75) is 23.5 Å². The maximum atomic E-state index is 12.0. The Morgan fingerprint density at radius 3 is 2.71 bits per heavy atom. The summed E-state index contributed by atoms with van der Waals surface area (Å²) < 4.78 is 0. The van der Waals surface area contributed by atoms with Gasteiger partial charge in [-0.25, -0.2) is 0 Å². The van der Waals surface area contributed by atoms with E-state index in [1.54, 1.807) is 18.2 Å². The molecule has 0 unspecified atom stereocenters. The molecule has 2 rings (SSSR count). The molecule has 0 spiro atoms. The van der Waals surface area contributed by atoms with Crippen LogP contribution in [0.5, 0.6) is 0 Å². The zero-order valence-corrected chi connectivity index (χ0v) is 11.8. The van der Waals surface area contributed by atoms with Gasteiger partial charge in [0.2, 0.25) is 5.91 Å². The first-order chi connectivity index (χ1) is 8.08. The lowest BCUT2D eigenvalue weighted by molar-refractivity contribution is -0.133. The van der Waals surface area contributed by atoms with Gasteiger partial charge in [-0.2, -0.15) is 0 Å². The van der Waals surface area contributed by atoms with Crippen molar-refractivity contribution >= 4 is 40.9 Å². The minimum atomic E-state index is -0.119. The molecule has 1 aromatic rings. The average molecular weight is 290 g/mol. The number of carbonyl (C=O) groups is 1. The SMILES string of the molecule is C[C@@H](Sc1cc(Cl)ccc1Cl)C(=O)N1CCC1. The predicted molar refractivity (Wildman–Crippen MR) is 73.0 cm³/mol. The first kappa shape index (κ1) is 13.1. The summed E-state index contributed by atoms with van der Waals surface area (Å²) in [7, 11) is 0. The van der Waals surface area contributed by atoms with Gasteiger partial charge in [-0.05, 0) is 31.5 Å². The Morgan fingerprint density at radius 2 is 2.12 bits per heavy atom. The van der Waals surface area contributed by atoms with Crippen molar-refractivity contribution in [3.05, 3.63) is 28.2 Å². The molecule has 0 aromatic heterocycles. The van der Waals surface area contributed by atoms with E-state index in [-0.39, 0.29) is 11.2 Å². The molecule has 1 heterocycles. The van der Waals surface area contributed by atoms with Crippen molar-refractivity contribution in [3.8, 4) is 0 Å². The summed E-state index contributed by atoms with van der Waals surface area (Å²) in [5.41, 5.74) is 0. The van der Waals surface area contributed by atoms with E-state index in [1.165, 1.54) is 11.8 Å². The number of hydrogen-bond donors (Lipinski definition) is 0. The normalized spacial score (nSPS) is 16.5. The zero-order chi connectivity index (χ0) is 12.4. The van der Waals surface area contributed by atoms with Crippen LogP contribution in [0.2, 0.25) is 10.0 Å². The second kappa shape index (κ2) is 5.51. The second-order valence-electron chi connectivity index (χ2n) is 4.01. The lowest BCUT2D eigenvalue weighted by Crippen LogP contribution is -2.45. The van der Waals surface area contributed by atoms with E-state index in [0.717, 1.165) is 24.4 Å². The number of nitrogens with zero attached hydrogens (tertiary/aromatic N) is 1. The summed E-state index contributed by atoms with van der Waals surface area (Å²) in [4.78, 5) is 14.7. The van der Waals surface area contributed by atoms with Gasteiger partial charge in [0.1, 0.15) is 0 Å². The van der Waals surface area contributed by atoms with Gasteiger partial charge >= 0.3 is 0 Å². The van der Waals surface area contributed by atoms with Gasteiger partial charge in [0.05, 0.1) is 10.3 Å². The first-order valence-electron chi connectivity index (χ1n) is 5.48. The number of rotatable bonds is 3. The fourth-order valence-corrected chi connectivity index (χ4v) is 3.10. The van der Waals surface area contributed by atoms with Gasteiger partial charge in [-0.15, -0.1) is 11.8 Å². The summed E-state index contributed by atoms with van der Waals surface area (Å²) in [5, 5.41) is 1.16. The molecule has 1 saturated heterocycles. The van der Waals surface area contributed by atoms with Crippen LogP contribution in [-0.2, 0) is 4.79 Å². The number of hydrogen-bond acceptors (Lipinski definition) is 2. The Bertz CT molecular complexity index is 435. The fourth-order valence-electron chi connectivity index (χ4n) is 1.60. The Balaban J connectivity index is 2.04. The van der Waals surface area contributed by atoms with Crippen LogP contribution < -0.4 is 0 Å². The lowest BCUT2D eigenvalue weighted by atomic mass is 10.2. The largest absolute Gasteiger partial charge is 0.342 e. The van der Waals surface area contributed by atoms with Crippen LogP contribution >= 0.6 is 35.0 Å². The van der Waals surface area contributed by atoms with Crippen LogP contribution in [0, 0.1) is 0 Å². The predicted octanol–water partition coefficient (Wildman–Crippen LogP) is 3.71. The highest BCUT2D eigenvalue weighted by atomic mass is 35.5. The molecule has 1 amide bonds. The molecule has 0 aliphatic carbocycles. The molecule has 92 valence electrons. The van der Waals surface area contributed by atoms with Crippen molar-refractivity contribution in [3.63, 3.8) is 0 Å². The van der Waals surface area contributed by atoms with E-state index in [1.807, 2.05) is 11.8 Å². The van der Waals surface area contributed by atoms with Gasteiger partial charge < -0.3 is 4.90 Å². The van der Waals surface area contributed by atoms with Crippen LogP contribution in [0.3, 0.4) is 0 Å². The molecule has 0 saturated carbocycles. The Kier molecular flexibility index (Phi) is 4.23. The molecule has 1 fully saturated rings. The molecule has 1 aliphatic heterocycles. The van der Waals surface area contributed by atoms with Crippen LogP contribution in [-0.4, -0.2) is 29.1 Å². The smallest absolute Gasteiger partial charge is 0.235 e. The standard InChI is InChI=1S/C12H13Cl2NOS/c1-8(12(16)15-5-2-6-15)17-11-7-9(13)3-4-10(11)14/h3-4,7-8H,2,5-6H2,1H3/t8-/m1/s1. The molecular formula is C12H13Cl2NOS. The maximum absolute atomic E-state index is 12.0. The van der Waals surface area contributed by atoms with E-state index in [0.29, 0.717) is 10.0 Å². The van der Waals surface area contributed by atoms with E-state index < -0.39 is 0 Å². The Hall–Kier alpha value is -0.380. The van der Waals surface area contributed by atoms with Gasteiger partial charge in [0.15, 0.2) is 0 Å². The van der Waals surface area contributed by atoms with Gasteiger partial charge in [-0.3, -0.25) is 4.79 Å². The summed E-state index contributed by atoms with van der Waals surface area (Å²) in [5.74, 6) is 0.178. The fraction of sp³-hybridized carbons (Fsp3) is 0.417. The van der Waals surface area contributed by atoms with E-state index in [4.69, 9.17) is 23.2 Å². The second-order valence-corrected chi connectivity index (χ2v) is 6.24. The van der Waals surface area contributed by atoms with Crippen molar-refractivity contribution in [2.75, 3.05) is 13.1 Å². The third-order valence-electron chi connectivity index (χ3n) is 2.71. The van der Waals surface area contributed by atoms with E-state index in [2.05, 4.69) is 0 Å². The molecule has 1 aromatic carbocycles. The first-order valence-corrected chi connectivity index (χ1v) is 7.12. The van der Waals surface area contributed by atoms with Gasteiger partial charge in [0, 0.05) is 23.0 Å². The van der Waals surface area contributed by atoms with Crippen LogP contribution in [0.25, 0.3) is 0 Å². The topological polar surface area (TPSA) is 20.3 Å². The van der Waals surface area contributed by atoms with Crippen molar-refractivity contribution in [1.82, 2.24) is 4.90 Å². The minimum absolute atomic E-state index is 0.119. The molecule has 0 radical (unpaired) electrons. The Labute approximate surface area is 115 Å². The zero-order valence-electron chi connectivity index (χ0n) is 9.45. The van der Waals surface area contributed by atoms with Crippen molar-refractivity contribution in [1.29, 1.82) is 0 Å². The molecule has 1 aliphatic rings. The summed E-state index contributed by atoms with van der Waals surface area (Å²) in [6, 6.07) is 5.30. The molecule has 2 nitrogen and oxygen atoms in total.